The first-order valence-electron chi connectivity index (χ1n) is 9.26. The summed E-state index contributed by atoms with van der Waals surface area (Å²) in [5.41, 5.74) is 2.67. The van der Waals surface area contributed by atoms with Crippen molar-refractivity contribution in [3.63, 3.8) is 0 Å². The number of para-hydroxylation sites is 1. The minimum absolute atomic E-state index is 0.0244. The van der Waals surface area contributed by atoms with Crippen LogP contribution in [0.4, 0.5) is 0 Å². The first kappa shape index (κ1) is 17.7. The number of fused-ring (bicyclic) bond motifs is 1. The summed E-state index contributed by atoms with van der Waals surface area (Å²) >= 11 is 0. The predicted octanol–water partition coefficient (Wildman–Crippen LogP) is 6.31. The van der Waals surface area contributed by atoms with Crippen LogP contribution in [0.2, 0.25) is 0 Å². The van der Waals surface area contributed by atoms with Crippen LogP contribution in [0.3, 0.4) is 0 Å². The largest absolute Gasteiger partial charge is 0.488 e. The number of hydrogen-bond donors (Lipinski definition) is 0. The van der Waals surface area contributed by atoms with Crippen LogP contribution >= 0.6 is 0 Å². The summed E-state index contributed by atoms with van der Waals surface area (Å²) in [6.45, 7) is 0.490. The summed E-state index contributed by atoms with van der Waals surface area (Å²) < 4.78 is 5.96. The van der Waals surface area contributed by atoms with Gasteiger partial charge in [-0.2, -0.15) is 0 Å². The zero-order valence-electron chi connectivity index (χ0n) is 15.4. The molecule has 0 saturated carbocycles. The van der Waals surface area contributed by atoms with E-state index in [9.17, 15) is 4.79 Å². The Morgan fingerprint density at radius 3 is 2.32 bits per heavy atom. The molecule has 4 rings (SSSR count). The molecule has 0 amide bonds. The molecule has 0 N–H and O–H groups in total. The molecule has 0 aliphatic carbocycles. The van der Waals surface area contributed by atoms with Crippen molar-refractivity contribution in [2.75, 3.05) is 0 Å². The van der Waals surface area contributed by atoms with Crippen LogP contribution in [-0.2, 0) is 6.61 Å². The van der Waals surface area contributed by atoms with Crippen LogP contribution < -0.4 is 4.74 Å². The summed E-state index contributed by atoms with van der Waals surface area (Å²) in [5, 5.41) is 2.19. The van der Waals surface area contributed by atoms with Gasteiger partial charge in [0.05, 0.1) is 0 Å². The number of benzene rings is 4. The lowest BCUT2D eigenvalue weighted by molar-refractivity contribution is 0.104. The number of ether oxygens (including phenoxy) is 1. The normalized spacial score (nSPS) is 11.0. The van der Waals surface area contributed by atoms with E-state index in [4.69, 9.17) is 4.74 Å². The van der Waals surface area contributed by atoms with Crippen molar-refractivity contribution in [2.24, 2.45) is 0 Å². The van der Waals surface area contributed by atoms with Gasteiger partial charge in [0.2, 0.25) is 0 Å². The summed E-state index contributed by atoms with van der Waals surface area (Å²) in [6, 6.07) is 31.6. The van der Waals surface area contributed by atoms with Crippen LogP contribution in [0.1, 0.15) is 21.5 Å². The van der Waals surface area contributed by atoms with Crippen LogP contribution in [0.5, 0.6) is 5.75 Å². The Hall–Kier alpha value is -3.65. The SMILES string of the molecule is O=C(C=Cc1ccccc1OCc1ccccc1)c1ccc2ccccc2c1. The predicted molar refractivity (Wildman–Crippen MR) is 115 cm³/mol. The maximum atomic E-state index is 12.6. The molecule has 0 atom stereocenters. The lowest BCUT2D eigenvalue weighted by Gasteiger charge is -2.09. The van der Waals surface area contributed by atoms with Gasteiger partial charge in [0.15, 0.2) is 5.78 Å². The first-order valence-corrected chi connectivity index (χ1v) is 9.26. The summed E-state index contributed by atoms with van der Waals surface area (Å²) in [4.78, 5) is 12.6. The van der Waals surface area contributed by atoms with E-state index in [1.54, 1.807) is 6.08 Å². The van der Waals surface area contributed by atoms with Gasteiger partial charge in [-0.15, -0.1) is 0 Å². The number of rotatable bonds is 6. The molecular formula is C26H20O2. The molecule has 0 aliphatic heterocycles. The van der Waals surface area contributed by atoms with Gasteiger partial charge < -0.3 is 4.74 Å². The molecule has 0 radical (unpaired) electrons. The van der Waals surface area contributed by atoms with Gasteiger partial charge in [0.1, 0.15) is 12.4 Å². The van der Waals surface area contributed by atoms with Crippen LogP contribution in [0.15, 0.2) is 103 Å². The molecule has 0 heterocycles. The second-order valence-electron chi connectivity index (χ2n) is 6.57. The number of carbonyl (C=O) groups is 1. The Balaban J connectivity index is 1.51. The van der Waals surface area contributed by atoms with E-state index in [1.807, 2.05) is 103 Å². The van der Waals surface area contributed by atoms with Gasteiger partial charge in [-0.3, -0.25) is 4.79 Å². The highest BCUT2D eigenvalue weighted by atomic mass is 16.5. The van der Waals surface area contributed by atoms with Crippen molar-refractivity contribution in [1.82, 2.24) is 0 Å². The Morgan fingerprint density at radius 1 is 0.750 bits per heavy atom. The lowest BCUT2D eigenvalue weighted by atomic mass is 10.0. The van der Waals surface area contributed by atoms with E-state index in [1.165, 1.54) is 0 Å². The van der Waals surface area contributed by atoms with Gasteiger partial charge in [-0.25, -0.2) is 0 Å². The van der Waals surface area contributed by atoms with Crippen molar-refractivity contribution in [3.05, 3.63) is 120 Å². The quantitative estimate of drug-likeness (QED) is 0.296. The minimum Gasteiger partial charge on any atom is -0.488 e. The van der Waals surface area contributed by atoms with Crippen LogP contribution in [-0.4, -0.2) is 5.78 Å². The van der Waals surface area contributed by atoms with Crippen molar-refractivity contribution >= 4 is 22.6 Å². The molecule has 136 valence electrons. The Kier molecular flexibility index (Phi) is 5.30. The molecule has 0 bridgehead atoms. The smallest absolute Gasteiger partial charge is 0.185 e. The molecule has 28 heavy (non-hydrogen) atoms. The zero-order valence-corrected chi connectivity index (χ0v) is 15.4. The van der Waals surface area contributed by atoms with Gasteiger partial charge >= 0.3 is 0 Å². The second-order valence-corrected chi connectivity index (χ2v) is 6.57. The molecule has 0 saturated heterocycles. The van der Waals surface area contributed by atoms with Crippen molar-refractivity contribution in [1.29, 1.82) is 0 Å². The highest BCUT2D eigenvalue weighted by Crippen LogP contribution is 2.22. The molecule has 0 unspecified atom stereocenters. The Labute approximate surface area is 164 Å². The molecule has 0 spiro atoms. The third kappa shape index (κ3) is 4.18. The molecular weight excluding hydrogens is 344 g/mol. The fraction of sp³-hybridized carbons (Fsp3) is 0.0385. The molecule has 0 aromatic heterocycles. The van der Waals surface area contributed by atoms with Gasteiger partial charge in [0.25, 0.3) is 0 Å². The number of carbonyl (C=O) groups excluding carboxylic acids is 1. The Bertz CT molecular complexity index is 1130. The van der Waals surface area contributed by atoms with Crippen LogP contribution in [0, 0.1) is 0 Å². The number of hydrogen-bond acceptors (Lipinski definition) is 2. The molecule has 0 aliphatic rings. The fourth-order valence-corrected chi connectivity index (χ4v) is 3.09. The van der Waals surface area contributed by atoms with E-state index in [-0.39, 0.29) is 5.78 Å². The maximum absolute atomic E-state index is 12.6. The Morgan fingerprint density at radius 2 is 1.46 bits per heavy atom. The van der Waals surface area contributed by atoms with Gasteiger partial charge in [0, 0.05) is 11.1 Å². The average Bonchev–Trinajstić information content (AvgIpc) is 2.77. The molecule has 2 nitrogen and oxygen atoms in total. The average molecular weight is 364 g/mol. The van der Waals surface area contributed by atoms with E-state index in [2.05, 4.69) is 0 Å². The van der Waals surface area contributed by atoms with Crippen molar-refractivity contribution < 1.29 is 9.53 Å². The van der Waals surface area contributed by atoms with Crippen molar-refractivity contribution in [3.8, 4) is 5.75 Å². The standard InChI is InChI=1S/C26H20O2/c27-25(24-15-14-21-10-4-5-12-23(21)18-24)17-16-22-11-6-7-13-26(22)28-19-20-8-2-1-3-9-20/h1-18H,19H2. The third-order valence-corrected chi connectivity index (χ3v) is 4.60. The molecule has 4 aromatic carbocycles. The second kappa shape index (κ2) is 8.36. The van der Waals surface area contributed by atoms with E-state index >= 15 is 0 Å². The molecule has 0 fully saturated rings. The van der Waals surface area contributed by atoms with Gasteiger partial charge in [-0.1, -0.05) is 84.9 Å². The fourth-order valence-electron chi connectivity index (χ4n) is 3.09. The highest BCUT2D eigenvalue weighted by Gasteiger charge is 2.05. The summed E-state index contributed by atoms with van der Waals surface area (Å²) in [5.74, 6) is 0.734. The summed E-state index contributed by atoms with van der Waals surface area (Å²) in [6.07, 6.45) is 3.42. The summed E-state index contributed by atoms with van der Waals surface area (Å²) in [7, 11) is 0. The number of ketones is 1. The van der Waals surface area contributed by atoms with E-state index < -0.39 is 0 Å². The molecule has 4 aromatic rings. The van der Waals surface area contributed by atoms with E-state index in [0.29, 0.717) is 12.2 Å². The highest BCUT2D eigenvalue weighted by molar-refractivity contribution is 6.08. The molecule has 2 heteroatoms. The van der Waals surface area contributed by atoms with Crippen LogP contribution in [0.25, 0.3) is 16.8 Å². The van der Waals surface area contributed by atoms with Crippen molar-refractivity contribution in [2.45, 2.75) is 6.61 Å². The zero-order chi connectivity index (χ0) is 19.2. The van der Waals surface area contributed by atoms with Gasteiger partial charge in [-0.05, 0) is 40.6 Å². The maximum Gasteiger partial charge on any atom is 0.185 e. The lowest BCUT2D eigenvalue weighted by Crippen LogP contribution is -1.97. The third-order valence-electron chi connectivity index (χ3n) is 4.60. The number of allylic oxidation sites excluding steroid dienone is 1. The van der Waals surface area contributed by atoms with E-state index in [0.717, 1.165) is 27.6 Å². The minimum atomic E-state index is -0.0244. The first-order chi connectivity index (χ1) is 13.8. The topological polar surface area (TPSA) is 26.3 Å². The monoisotopic (exact) mass is 364 g/mol.